The summed E-state index contributed by atoms with van der Waals surface area (Å²) in [4.78, 5) is 0. The molecule has 0 saturated heterocycles. The van der Waals surface area contributed by atoms with Crippen LogP contribution in [0.2, 0.25) is 0 Å². The molecule has 0 atom stereocenters. The van der Waals surface area contributed by atoms with E-state index in [1.165, 1.54) is 72.8 Å². The highest BCUT2D eigenvalue weighted by atomic mass is 19.3. The quantitative estimate of drug-likeness (QED) is 0.212. The zero-order chi connectivity index (χ0) is 29.3. The Morgan fingerprint density at radius 3 is 0.857 bits per heavy atom. The number of hydrogen-bond acceptors (Lipinski definition) is 3. The van der Waals surface area contributed by atoms with Gasteiger partial charge in [-0.2, -0.15) is 0 Å². The molecule has 0 N–H and O–H groups in total. The Hall–Kier alpha value is -4.94. The smallest absolute Gasteiger partial charge is 0.598 e. The summed E-state index contributed by atoms with van der Waals surface area (Å²) in [6, 6.07) is 22.4. The number of fused-ring (bicyclic) bond motifs is 6. The highest BCUT2D eigenvalue weighted by Gasteiger charge is 2.58. The van der Waals surface area contributed by atoms with Crippen LogP contribution in [0, 0.1) is 0 Å². The van der Waals surface area contributed by atoms with Gasteiger partial charge in [0.1, 0.15) is 52.6 Å². The monoisotopic (exact) mass is 579 g/mol. The average molecular weight is 579 g/mol. The number of rotatable bonds is 3. The van der Waals surface area contributed by atoms with Crippen LogP contribution >= 0.6 is 0 Å². The van der Waals surface area contributed by atoms with E-state index in [1.807, 2.05) is 0 Å². The van der Waals surface area contributed by atoms with E-state index in [1.54, 1.807) is 18.2 Å². The zero-order valence-electron chi connectivity index (χ0n) is 21.5. The predicted molar refractivity (Wildman–Crippen MR) is 147 cm³/mol. The van der Waals surface area contributed by atoms with Gasteiger partial charge in [0.25, 0.3) is 0 Å². The minimum absolute atomic E-state index is 0.0172. The Morgan fingerprint density at radius 1 is 0.381 bits per heavy atom. The van der Waals surface area contributed by atoms with Crippen molar-refractivity contribution in [2.75, 3.05) is 0 Å². The predicted octanol–water partition coefficient (Wildman–Crippen LogP) is 6.28. The number of hydrogen-bond donors (Lipinski definition) is 0. The van der Waals surface area contributed by atoms with Gasteiger partial charge in [0, 0.05) is 36.4 Å². The molecule has 0 unspecified atom stereocenters. The fourth-order valence-corrected chi connectivity index (χ4v) is 5.30. The zero-order valence-corrected chi connectivity index (χ0v) is 21.5. The topological polar surface area (TPSA) is 36.7 Å². The van der Waals surface area contributed by atoms with Crippen molar-refractivity contribution in [3.63, 3.8) is 0 Å². The molecule has 0 radical (unpaired) electrons. The first-order valence-electron chi connectivity index (χ1n) is 12.9. The van der Waals surface area contributed by atoms with Crippen molar-refractivity contribution in [1.82, 2.24) is 0 Å². The number of benzene rings is 4. The molecule has 15 heteroatoms. The van der Waals surface area contributed by atoms with Gasteiger partial charge < -0.3 is 53.3 Å². The molecule has 7 rings (SSSR count). The Balaban J connectivity index is 1.56. The van der Waals surface area contributed by atoms with E-state index in [-0.39, 0.29) is 33.8 Å². The van der Waals surface area contributed by atoms with Crippen LogP contribution in [-0.2, 0) is 0 Å². The summed E-state index contributed by atoms with van der Waals surface area (Å²) in [6.07, 6.45) is 2.80. The first-order valence-corrected chi connectivity index (χ1v) is 12.9. The van der Waals surface area contributed by atoms with Crippen molar-refractivity contribution < 1.29 is 53.3 Å². The molecule has 0 amide bonds. The van der Waals surface area contributed by atoms with Crippen molar-refractivity contribution >= 4 is 56.8 Å². The van der Waals surface area contributed by atoms with Crippen LogP contribution in [0.25, 0.3) is 0 Å². The minimum Gasteiger partial charge on any atom is -0.598 e. The van der Waals surface area contributed by atoms with E-state index >= 15 is 25.9 Å². The molecular formula is C27H18B3F6N3O3. The number of nitrogens with zero attached hydrogens (tertiary/aromatic N) is 3. The Kier molecular flexibility index (Phi) is 5.59. The third-order valence-corrected chi connectivity index (χ3v) is 7.19. The molecule has 3 aliphatic heterocycles. The van der Waals surface area contributed by atoms with Gasteiger partial charge in [0.2, 0.25) is 0 Å². The standard InChI is InChI=1S/C27H18B3F6N3O3/c31-28(32)37(19-10-4-1-5-11-19)16-22-25(40-28)23-17-38(20-12-6-2-7-13-20)30(35,36)42-27(23)24-18-39(21-14-8-3-9-15-21)29(33,34)41-26(22)24/h1-18H. The molecule has 6 nitrogen and oxygen atoms in total. The number of para-hydroxylation sites is 3. The lowest BCUT2D eigenvalue weighted by molar-refractivity contribution is -0.346. The van der Waals surface area contributed by atoms with E-state index in [4.69, 9.17) is 14.0 Å². The van der Waals surface area contributed by atoms with Crippen LogP contribution in [0.4, 0.5) is 43.0 Å². The van der Waals surface area contributed by atoms with Crippen LogP contribution in [-0.4, -0.2) is 53.2 Å². The summed E-state index contributed by atoms with van der Waals surface area (Å²) in [5.41, 5.74) is -0.791. The van der Waals surface area contributed by atoms with Crippen molar-refractivity contribution in [2.24, 2.45) is 0 Å². The summed E-state index contributed by atoms with van der Waals surface area (Å²) in [5.74, 6) is -1.87. The summed E-state index contributed by atoms with van der Waals surface area (Å²) in [7, 11) is -14.5. The molecule has 0 saturated carbocycles. The van der Waals surface area contributed by atoms with E-state index in [0.717, 1.165) is 18.6 Å². The maximum Gasteiger partial charge on any atom is 0.834 e. The molecule has 0 spiro atoms. The fourth-order valence-electron chi connectivity index (χ4n) is 5.30. The van der Waals surface area contributed by atoms with Crippen LogP contribution in [0.1, 0.15) is 16.7 Å². The van der Waals surface area contributed by atoms with Gasteiger partial charge in [-0.1, -0.05) is 54.6 Å². The van der Waals surface area contributed by atoms with E-state index in [2.05, 4.69) is 0 Å². The van der Waals surface area contributed by atoms with E-state index in [9.17, 15) is 0 Å². The third-order valence-electron chi connectivity index (χ3n) is 7.19. The summed E-state index contributed by atoms with van der Waals surface area (Å²) in [6.45, 7) is 0. The molecule has 0 aliphatic carbocycles. The van der Waals surface area contributed by atoms with E-state index < -0.39 is 38.4 Å². The van der Waals surface area contributed by atoms with Gasteiger partial charge in [-0.15, -0.1) is 0 Å². The summed E-state index contributed by atoms with van der Waals surface area (Å²) >= 11 is 0. The Bertz CT molecular complexity index is 1610. The third kappa shape index (κ3) is 4.06. The molecule has 0 aromatic heterocycles. The van der Waals surface area contributed by atoms with Crippen LogP contribution in [0.3, 0.4) is 0 Å². The number of halogens is 6. The molecule has 210 valence electrons. The van der Waals surface area contributed by atoms with Gasteiger partial charge in [-0.3, -0.25) is 0 Å². The maximum atomic E-state index is 15.6. The van der Waals surface area contributed by atoms with Crippen molar-refractivity contribution in [2.45, 2.75) is 0 Å². The molecule has 4 aromatic rings. The van der Waals surface area contributed by atoms with Crippen molar-refractivity contribution in [3.05, 3.63) is 108 Å². The fraction of sp³-hybridized carbons (Fsp3) is 0. The molecule has 0 bridgehead atoms. The molecule has 3 heterocycles. The lowest BCUT2D eigenvalue weighted by atomic mass is 9.88. The van der Waals surface area contributed by atoms with Gasteiger partial charge in [0.15, 0.2) is 17.1 Å². The van der Waals surface area contributed by atoms with Crippen LogP contribution in [0.15, 0.2) is 91.0 Å². The Morgan fingerprint density at radius 2 is 0.619 bits per heavy atom. The molecule has 0 fully saturated rings. The normalized spacial score (nSPS) is 18.9. The minimum atomic E-state index is -4.83. The summed E-state index contributed by atoms with van der Waals surface area (Å²) < 4.78 is 110. The molecule has 42 heavy (non-hydrogen) atoms. The van der Waals surface area contributed by atoms with Crippen molar-refractivity contribution in [1.29, 1.82) is 0 Å². The average Bonchev–Trinajstić information content (AvgIpc) is 2.96. The maximum absolute atomic E-state index is 15.6. The van der Waals surface area contributed by atoms with Gasteiger partial charge in [0.05, 0.1) is 0 Å². The van der Waals surface area contributed by atoms with Crippen molar-refractivity contribution in [3.8, 4) is 17.2 Å². The highest BCUT2D eigenvalue weighted by molar-refractivity contribution is 6.55. The highest BCUT2D eigenvalue weighted by Crippen LogP contribution is 2.50. The molecule has 4 aromatic carbocycles. The second-order valence-corrected chi connectivity index (χ2v) is 9.88. The molecular weight excluding hydrogens is 561 g/mol. The second kappa shape index (κ2) is 9.03. The van der Waals surface area contributed by atoms with Gasteiger partial charge >= 0.3 is 21.1 Å². The van der Waals surface area contributed by atoms with E-state index in [0.29, 0.717) is 13.5 Å². The first kappa shape index (κ1) is 26.0. The lowest BCUT2D eigenvalue weighted by Gasteiger charge is -2.37. The Labute approximate surface area is 235 Å². The molecule has 3 aliphatic rings. The first-order chi connectivity index (χ1) is 20.1. The van der Waals surface area contributed by atoms with Gasteiger partial charge in [-0.25, -0.2) is 0 Å². The summed E-state index contributed by atoms with van der Waals surface area (Å²) in [5, 5.41) is 0. The van der Waals surface area contributed by atoms with Crippen LogP contribution < -0.4 is 14.0 Å². The largest absolute Gasteiger partial charge is 0.834 e. The van der Waals surface area contributed by atoms with Gasteiger partial charge in [-0.05, 0) is 0 Å². The SMILES string of the molecule is F[B-]1(F)Oc2c(c3c(c4c2C=[N+](c2ccccc2)[B-](F)(F)O4)C=[N+](c2ccccc2)[B-](F)(F)O3)C=[N+]1c1ccccc1. The van der Waals surface area contributed by atoms with Crippen LogP contribution in [0.5, 0.6) is 17.2 Å². The second-order valence-electron chi connectivity index (χ2n) is 9.88. The lowest BCUT2D eigenvalue weighted by Crippen LogP contribution is -2.51.